The number of nitrogens with zero attached hydrogens (tertiary/aromatic N) is 3. The van der Waals surface area contributed by atoms with Crippen molar-refractivity contribution < 1.29 is 4.79 Å². The summed E-state index contributed by atoms with van der Waals surface area (Å²) in [5, 5.41) is 3.11. The van der Waals surface area contributed by atoms with Crippen molar-refractivity contribution in [1.29, 1.82) is 0 Å². The van der Waals surface area contributed by atoms with Crippen LogP contribution >= 0.6 is 0 Å². The summed E-state index contributed by atoms with van der Waals surface area (Å²) in [6.45, 7) is 1.68. The van der Waals surface area contributed by atoms with Crippen LogP contribution in [0.15, 0.2) is 53.7 Å². The number of carbonyl (C=O) groups is 1. The van der Waals surface area contributed by atoms with Crippen LogP contribution in [0.25, 0.3) is 0 Å². The second kappa shape index (κ2) is 10.4. The average Bonchev–Trinajstić information content (AvgIpc) is 2.62. The fourth-order valence-corrected chi connectivity index (χ4v) is 2.32. The zero-order chi connectivity index (χ0) is 17.9. The van der Waals surface area contributed by atoms with E-state index in [2.05, 4.69) is 39.6 Å². The molecule has 0 aliphatic carbocycles. The minimum Gasteiger partial charge on any atom is -0.348 e. The van der Waals surface area contributed by atoms with E-state index in [1.165, 1.54) is 5.56 Å². The maximum atomic E-state index is 11.5. The SMILES string of the molecule is CN(C)C(=O)CNCc1cc(/C=N/CCCc2ccccc2)ccn1. The van der Waals surface area contributed by atoms with E-state index >= 15 is 0 Å². The summed E-state index contributed by atoms with van der Waals surface area (Å²) < 4.78 is 0. The molecule has 0 aliphatic heterocycles. The van der Waals surface area contributed by atoms with Crippen molar-refractivity contribution in [2.45, 2.75) is 19.4 Å². The molecule has 1 aromatic carbocycles. The monoisotopic (exact) mass is 338 g/mol. The zero-order valence-electron chi connectivity index (χ0n) is 15.0. The molecule has 0 atom stereocenters. The predicted octanol–water partition coefficient (Wildman–Crippen LogP) is 2.31. The minimum absolute atomic E-state index is 0.0520. The summed E-state index contributed by atoms with van der Waals surface area (Å²) in [6, 6.07) is 14.4. The molecular formula is C20H26N4O. The van der Waals surface area contributed by atoms with Crippen LogP contribution in [0, 0.1) is 0 Å². The number of carbonyl (C=O) groups excluding carboxylic acids is 1. The number of aliphatic imine (C=N–C) groups is 1. The van der Waals surface area contributed by atoms with Crippen LogP contribution in [0.1, 0.15) is 23.2 Å². The van der Waals surface area contributed by atoms with Crippen molar-refractivity contribution >= 4 is 12.1 Å². The van der Waals surface area contributed by atoms with E-state index < -0.39 is 0 Å². The summed E-state index contributed by atoms with van der Waals surface area (Å²) in [5.41, 5.74) is 3.28. The number of nitrogens with one attached hydrogen (secondary N) is 1. The highest BCUT2D eigenvalue weighted by molar-refractivity contribution is 5.79. The van der Waals surface area contributed by atoms with Crippen molar-refractivity contribution in [3.8, 4) is 0 Å². The van der Waals surface area contributed by atoms with Gasteiger partial charge in [-0.3, -0.25) is 14.8 Å². The molecule has 1 aromatic heterocycles. The smallest absolute Gasteiger partial charge is 0.236 e. The molecule has 0 unspecified atom stereocenters. The van der Waals surface area contributed by atoms with Crippen molar-refractivity contribution in [3.05, 3.63) is 65.5 Å². The van der Waals surface area contributed by atoms with Gasteiger partial charge in [-0.2, -0.15) is 0 Å². The maximum absolute atomic E-state index is 11.5. The molecule has 0 fully saturated rings. The second-order valence-corrected chi connectivity index (χ2v) is 6.10. The summed E-state index contributed by atoms with van der Waals surface area (Å²) in [7, 11) is 3.49. The third-order valence-corrected chi connectivity index (χ3v) is 3.76. The van der Waals surface area contributed by atoms with Gasteiger partial charge in [0, 0.05) is 39.6 Å². The number of likely N-dealkylation sites (N-methyl/N-ethyl adjacent to an activating group) is 1. The van der Waals surface area contributed by atoms with Crippen LogP contribution in [-0.2, 0) is 17.8 Å². The first-order valence-electron chi connectivity index (χ1n) is 8.54. The van der Waals surface area contributed by atoms with Gasteiger partial charge in [0.2, 0.25) is 5.91 Å². The molecule has 0 aliphatic rings. The lowest BCUT2D eigenvalue weighted by molar-refractivity contribution is -0.127. The second-order valence-electron chi connectivity index (χ2n) is 6.10. The van der Waals surface area contributed by atoms with E-state index in [4.69, 9.17) is 0 Å². The Morgan fingerprint density at radius 2 is 2.04 bits per heavy atom. The Labute approximate surface area is 149 Å². The van der Waals surface area contributed by atoms with Gasteiger partial charge in [-0.05, 0) is 36.1 Å². The van der Waals surface area contributed by atoms with Crippen molar-refractivity contribution in [3.63, 3.8) is 0 Å². The van der Waals surface area contributed by atoms with Gasteiger partial charge in [0.05, 0.1) is 12.2 Å². The Balaban J connectivity index is 1.73. The van der Waals surface area contributed by atoms with Crippen LogP contribution in [0.3, 0.4) is 0 Å². The van der Waals surface area contributed by atoms with Gasteiger partial charge in [-0.15, -0.1) is 0 Å². The number of rotatable bonds is 9. The number of hydrogen-bond donors (Lipinski definition) is 1. The Morgan fingerprint density at radius 1 is 1.24 bits per heavy atom. The highest BCUT2D eigenvalue weighted by atomic mass is 16.2. The lowest BCUT2D eigenvalue weighted by Crippen LogP contribution is -2.32. The fourth-order valence-electron chi connectivity index (χ4n) is 2.32. The van der Waals surface area contributed by atoms with Crippen molar-refractivity contribution in [2.24, 2.45) is 4.99 Å². The van der Waals surface area contributed by atoms with E-state index in [9.17, 15) is 4.79 Å². The minimum atomic E-state index is 0.0520. The molecule has 5 nitrogen and oxygen atoms in total. The molecular weight excluding hydrogens is 312 g/mol. The fraction of sp³-hybridized carbons (Fsp3) is 0.350. The highest BCUT2D eigenvalue weighted by Gasteiger charge is 2.03. The molecule has 25 heavy (non-hydrogen) atoms. The lowest BCUT2D eigenvalue weighted by Gasteiger charge is -2.10. The Hall–Kier alpha value is -2.53. The standard InChI is InChI=1S/C20H26N4O/c1-24(2)20(25)16-22-15-19-13-18(10-12-23-19)14-21-11-6-9-17-7-4-3-5-8-17/h3-5,7-8,10,12-14,22H,6,9,11,15-16H2,1-2H3/b21-14+. The van der Waals surface area contributed by atoms with Gasteiger partial charge in [-0.25, -0.2) is 0 Å². The first kappa shape index (κ1) is 18.8. The molecule has 0 saturated carbocycles. The van der Waals surface area contributed by atoms with E-state index in [0.29, 0.717) is 13.1 Å². The number of aryl methyl sites for hydroxylation is 1. The van der Waals surface area contributed by atoms with Crippen LogP contribution in [0.2, 0.25) is 0 Å². The van der Waals surface area contributed by atoms with Crippen LogP contribution in [0.4, 0.5) is 0 Å². The van der Waals surface area contributed by atoms with Crippen molar-refractivity contribution in [2.75, 3.05) is 27.2 Å². The Morgan fingerprint density at radius 3 is 2.80 bits per heavy atom. The number of aromatic nitrogens is 1. The van der Waals surface area contributed by atoms with Gasteiger partial charge in [0.25, 0.3) is 0 Å². The summed E-state index contributed by atoms with van der Waals surface area (Å²) >= 11 is 0. The molecule has 0 saturated heterocycles. The topological polar surface area (TPSA) is 57.6 Å². The van der Waals surface area contributed by atoms with E-state index in [1.54, 1.807) is 25.2 Å². The van der Waals surface area contributed by atoms with E-state index in [0.717, 1.165) is 30.6 Å². The largest absolute Gasteiger partial charge is 0.348 e. The first-order valence-corrected chi connectivity index (χ1v) is 8.54. The maximum Gasteiger partial charge on any atom is 0.236 e. The molecule has 5 heteroatoms. The summed E-state index contributed by atoms with van der Waals surface area (Å²) in [5.74, 6) is 0.0520. The van der Waals surface area contributed by atoms with Crippen LogP contribution in [-0.4, -0.2) is 49.2 Å². The quantitative estimate of drug-likeness (QED) is 0.564. The van der Waals surface area contributed by atoms with Gasteiger partial charge < -0.3 is 10.2 Å². The van der Waals surface area contributed by atoms with Gasteiger partial charge >= 0.3 is 0 Å². The number of amides is 1. The predicted molar refractivity (Wildman–Crippen MR) is 102 cm³/mol. The molecule has 2 aromatic rings. The average molecular weight is 338 g/mol. The number of benzene rings is 1. The van der Waals surface area contributed by atoms with Crippen molar-refractivity contribution in [1.82, 2.24) is 15.2 Å². The number of pyridine rings is 1. The van der Waals surface area contributed by atoms with Crippen LogP contribution < -0.4 is 5.32 Å². The molecule has 0 spiro atoms. The van der Waals surface area contributed by atoms with Gasteiger partial charge in [0.15, 0.2) is 0 Å². The molecule has 1 heterocycles. The summed E-state index contributed by atoms with van der Waals surface area (Å²) in [4.78, 5) is 21.9. The summed E-state index contributed by atoms with van der Waals surface area (Å²) in [6.07, 6.45) is 5.74. The molecule has 1 N–H and O–H groups in total. The number of hydrogen-bond acceptors (Lipinski definition) is 4. The zero-order valence-corrected chi connectivity index (χ0v) is 15.0. The highest BCUT2D eigenvalue weighted by Crippen LogP contribution is 2.03. The Bertz CT molecular complexity index is 683. The molecule has 0 radical (unpaired) electrons. The first-order chi connectivity index (χ1) is 12.1. The van der Waals surface area contributed by atoms with Crippen LogP contribution in [0.5, 0.6) is 0 Å². The molecule has 0 bridgehead atoms. The third-order valence-electron chi connectivity index (χ3n) is 3.76. The van der Waals surface area contributed by atoms with E-state index in [-0.39, 0.29) is 5.91 Å². The lowest BCUT2D eigenvalue weighted by atomic mass is 10.1. The molecule has 1 amide bonds. The van der Waals surface area contributed by atoms with E-state index in [1.807, 2.05) is 24.4 Å². The molecule has 132 valence electrons. The Kier molecular flexibility index (Phi) is 7.79. The molecule has 2 rings (SSSR count). The normalized spacial score (nSPS) is 11.0. The van der Waals surface area contributed by atoms with Gasteiger partial charge in [0.1, 0.15) is 0 Å². The third kappa shape index (κ3) is 7.27. The van der Waals surface area contributed by atoms with Gasteiger partial charge in [-0.1, -0.05) is 30.3 Å².